The Balaban J connectivity index is 1.34. The Labute approximate surface area is 115 Å². The van der Waals surface area contributed by atoms with Crippen LogP contribution in [0.4, 0.5) is 0 Å². The molecule has 2 heterocycles. The Bertz CT molecular complexity index is 399. The molecule has 1 aliphatic heterocycles. The number of ether oxygens (including phenoxy) is 1. The van der Waals surface area contributed by atoms with Crippen molar-refractivity contribution < 1.29 is 9.15 Å². The van der Waals surface area contributed by atoms with Crippen molar-refractivity contribution in [3.8, 4) is 0 Å². The zero-order valence-electron chi connectivity index (χ0n) is 11.7. The molecule has 4 nitrogen and oxygen atoms in total. The summed E-state index contributed by atoms with van der Waals surface area (Å²) in [5, 5.41) is 3.46. The Morgan fingerprint density at radius 3 is 2.84 bits per heavy atom. The van der Waals surface area contributed by atoms with Crippen LogP contribution in [0, 0.1) is 5.92 Å². The van der Waals surface area contributed by atoms with E-state index in [1.165, 1.54) is 12.2 Å². The van der Waals surface area contributed by atoms with Gasteiger partial charge in [-0.25, -0.2) is 0 Å². The number of furan rings is 1. The highest BCUT2D eigenvalue weighted by Crippen LogP contribution is 2.47. The van der Waals surface area contributed by atoms with Crippen molar-refractivity contribution in [3.05, 3.63) is 23.7 Å². The maximum absolute atomic E-state index is 5.87. The molecule has 3 rings (SSSR count). The molecule has 1 saturated carbocycles. The molecule has 1 aliphatic carbocycles. The number of hydrogen-bond acceptors (Lipinski definition) is 4. The van der Waals surface area contributed by atoms with Crippen LogP contribution in [0.15, 0.2) is 16.5 Å². The topological polar surface area (TPSA) is 37.6 Å². The SMILES string of the molecule is CC1CC1c1ccc(CNCCN2CCOCC2)o1. The van der Waals surface area contributed by atoms with Gasteiger partial charge in [0.2, 0.25) is 0 Å². The Hall–Kier alpha value is -0.840. The Kier molecular flexibility index (Phi) is 4.21. The number of hydrogen-bond donors (Lipinski definition) is 1. The molecule has 1 aromatic rings. The van der Waals surface area contributed by atoms with Crippen molar-refractivity contribution in [2.24, 2.45) is 5.92 Å². The fourth-order valence-electron chi connectivity index (χ4n) is 2.68. The monoisotopic (exact) mass is 264 g/mol. The predicted molar refractivity (Wildman–Crippen MR) is 74.2 cm³/mol. The van der Waals surface area contributed by atoms with Gasteiger partial charge in [0.25, 0.3) is 0 Å². The molecule has 0 bridgehead atoms. The van der Waals surface area contributed by atoms with E-state index in [1.54, 1.807) is 0 Å². The van der Waals surface area contributed by atoms with Gasteiger partial charge in [-0.1, -0.05) is 6.92 Å². The van der Waals surface area contributed by atoms with Gasteiger partial charge in [-0.15, -0.1) is 0 Å². The first kappa shape index (κ1) is 13.2. The van der Waals surface area contributed by atoms with Crippen LogP contribution < -0.4 is 5.32 Å². The van der Waals surface area contributed by atoms with Crippen molar-refractivity contribution in [1.29, 1.82) is 0 Å². The first-order valence-electron chi connectivity index (χ1n) is 7.42. The second-order valence-electron chi connectivity index (χ2n) is 5.75. The van der Waals surface area contributed by atoms with E-state index < -0.39 is 0 Å². The highest BCUT2D eigenvalue weighted by Gasteiger charge is 2.36. The second-order valence-corrected chi connectivity index (χ2v) is 5.75. The van der Waals surface area contributed by atoms with Gasteiger partial charge in [-0.2, -0.15) is 0 Å². The summed E-state index contributed by atoms with van der Waals surface area (Å²) in [5.41, 5.74) is 0. The lowest BCUT2D eigenvalue weighted by Gasteiger charge is -2.26. The number of nitrogens with zero attached hydrogens (tertiary/aromatic N) is 1. The summed E-state index contributed by atoms with van der Waals surface area (Å²) in [6.07, 6.45) is 1.29. The molecule has 4 heteroatoms. The van der Waals surface area contributed by atoms with Gasteiger partial charge in [0.15, 0.2) is 0 Å². The van der Waals surface area contributed by atoms with Crippen LogP contribution >= 0.6 is 0 Å². The molecule has 1 N–H and O–H groups in total. The van der Waals surface area contributed by atoms with Crippen LogP contribution in [0.1, 0.15) is 30.8 Å². The van der Waals surface area contributed by atoms with Crippen molar-refractivity contribution >= 4 is 0 Å². The van der Waals surface area contributed by atoms with Crippen LogP contribution in [-0.4, -0.2) is 44.3 Å². The lowest BCUT2D eigenvalue weighted by Crippen LogP contribution is -2.40. The number of morpholine rings is 1. The number of rotatable bonds is 6. The van der Waals surface area contributed by atoms with Gasteiger partial charge in [-0.05, 0) is 24.5 Å². The zero-order valence-corrected chi connectivity index (χ0v) is 11.7. The van der Waals surface area contributed by atoms with Crippen LogP contribution in [0.2, 0.25) is 0 Å². The van der Waals surface area contributed by atoms with Crippen molar-refractivity contribution in [3.63, 3.8) is 0 Å². The smallest absolute Gasteiger partial charge is 0.117 e. The van der Waals surface area contributed by atoms with Gasteiger partial charge in [0.05, 0.1) is 19.8 Å². The van der Waals surface area contributed by atoms with E-state index in [0.717, 1.165) is 57.6 Å². The molecule has 2 aliphatic rings. The maximum atomic E-state index is 5.87. The fourth-order valence-corrected chi connectivity index (χ4v) is 2.68. The van der Waals surface area contributed by atoms with Crippen LogP contribution in [-0.2, 0) is 11.3 Å². The molecule has 1 aromatic heterocycles. The van der Waals surface area contributed by atoms with E-state index in [4.69, 9.17) is 9.15 Å². The summed E-state index contributed by atoms with van der Waals surface area (Å²) in [4.78, 5) is 2.44. The maximum Gasteiger partial charge on any atom is 0.117 e. The lowest BCUT2D eigenvalue weighted by molar-refractivity contribution is 0.0383. The molecule has 0 radical (unpaired) electrons. The van der Waals surface area contributed by atoms with Crippen LogP contribution in [0.5, 0.6) is 0 Å². The highest BCUT2D eigenvalue weighted by atomic mass is 16.5. The number of nitrogens with one attached hydrogen (secondary N) is 1. The third-order valence-corrected chi connectivity index (χ3v) is 4.17. The van der Waals surface area contributed by atoms with Gasteiger partial charge in [0.1, 0.15) is 11.5 Å². The molecular formula is C15H24N2O2. The van der Waals surface area contributed by atoms with E-state index in [0.29, 0.717) is 5.92 Å². The van der Waals surface area contributed by atoms with Crippen molar-refractivity contribution in [2.75, 3.05) is 39.4 Å². The molecule has 0 spiro atoms. The molecular weight excluding hydrogens is 240 g/mol. The molecule has 1 saturated heterocycles. The average molecular weight is 264 g/mol. The summed E-state index contributed by atoms with van der Waals surface area (Å²) < 4.78 is 11.2. The van der Waals surface area contributed by atoms with Crippen molar-refractivity contribution in [1.82, 2.24) is 10.2 Å². The molecule has 0 amide bonds. The minimum absolute atomic E-state index is 0.682. The van der Waals surface area contributed by atoms with Gasteiger partial charge < -0.3 is 14.5 Å². The van der Waals surface area contributed by atoms with E-state index in [1.807, 2.05) is 0 Å². The molecule has 2 atom stereocenters. The first-order chi connectivity index (χ1) is 9.33. The highest BCUT2D eigenvalue weighted by molar-refractivity contribution is 5.17. The summed E-state index contributed by atoms with van der Waals surface area (Å²) >= 11 is 0. The summed E-state index contributed by atoms with van der Waals surface area (Å²) in [6, 6.07) is 4.26. The second kappa shape index (κ2) is 6.07. The fraction of sp³-hybridized carbons (Fsp3) is 0.733. The first-order valence-corrected chi connectivity index (χ1v) is 7.42. The zero-order chi connectivity index (χ0) is 13.1. The van der Waals surface area contributed by atoms with Gasteiger partial charge in [-0.3, -0.25) is 4.90 Å². The van der Waals surface area contributed by atoms with E-state index >= 15 is 0 Å². The van der Waals surface area contributed by atoms with Gasteiger partial charge >= 0.3 is 0 Å². The quantitative estimate of drug-likeness (QED) is 0.795. The summed E-state index contributed by atoms with van der Waals surface area (Å²) in [6.45, 7) is 9.10. The standard InChI is InChI=1S/C15H24N2O2/c1-12-10-14(12)15-3-2-13(19-15)11-16-4-5-17-6-8-18-9-7-17/h2-3,12,14,16H,4-11H2,1H3. The predicted octanol–water partition coefficient (Wildman–Crippen LogP) is 1.82. The molecule has 2 fully saturated rings. The molecule has 0 aromatic carbocycles. The van der Waals surface area contributed by atoms with E-state index in [2.05, 4.69) is 29.3 Å². The van der Waals surface area contributed by atoms with Gasteiger partial charge in [0, 0.05) is 32.1 Å². The minimum Gasteiger partial charge on any atom is -0.464 e. The van der Waals surface area contributed by atoms with E-state index in [-0.39, 0.29) is 0 Å². The van der Waals surface area contributed by atoms with E-state index in [9.17, 15) is 0 Å². The Morgan fingerprint density at radius 2 is 2.11 bits per heavy atom. The van der Waals surface area contributed by atoms with Crippen LogP contribution in [0.25, 0.3) is 0 Å². The third kappa shape index (κ3) is 3.59. The normalized spacial score (nSPS) is 27.6. The lowest BCUT2D eigenvalue weighted by atomic mass is 10.3. The summed E-state index contributed by atoms with van der Waals surface area (Å²) in [7, 11) is 0. The molecule has 106 valence electrons. The molecule has 2 unspecified atom stereocenters. The molecule has 19 heavy (non-hydrogen) atoms. The Morgan fingerprint density at radius 1 is 1.32 bits per heavy atom. The van der Waals surface area contributed by atoms with Crippen molar-refractivity contribution in [2.45, 2.75) is 25.8 Å². The third-order valence-electron chi connectivity index (χ3n) is 4.17. The average Bonchev–Trinajstić information content (AvgIpc) is 2.99. The largest absolute Gasteiger partial charge is 0.464 e. The minimum atomic E-state index is 0.682. The summed E-state index contributed by atoms with van der Waals surface area (Å²) in [5.74, 6) is 3.74. The van der Waals surface area contributed by atoms with Crippen LogP contribution in [0.3, 0.4) is 0 Å².